The van der Waals surface area contributed by atoms with E-state index in [1.807, 2.05) is 49.4 Å². The van der Waals surface area contributed by atoms with Gasteiger partial charge in [0.25, 0.3) is 0 Å². The number of esters is 2. The van der Waals surface area contributed by atoms with Gasteiger partial charge < -0.3 is 14.2 Å². The SMILES string of the molecule is CCOC(=O)CCCCC(/C=C/c1ccccc1OCc1cc2ccccc2s1)Cc1ccc(C(=O)OCC)cc1. The Hall–Kier alpha value is -3.90. The molecule has 6 heteroatoms. The summed E-state index contributed by atoms with van der Waals surface area (Å²) in [7, 11) is 0. The summed E-state index contributed by atoms with van der Waals surface area (Å²) in [5.41, 5.74) is 2.73. The van der Waals surface area contributed by atoms with Crippen LogP contribution in [0.2, 0.25) is 0 Å². The van der Waals surface area contributed by atoms with Crippen molar-refractivity contribution in [3.05, 3.63) is 107 Å². The average Bonchev–Trinajstić information content (AvgIpc) is 3.41. The number of carbonyl (C=O) groups is 2. The molecule has 1 heterocycles. The highest BCUT2D eigenvalue weighted by molar-refractivity contribution is 7.19. The van der Waals surface area contributed by atoms with Gasteiger partial charge in [-0.1, -0.05) is 67.1 Å². The second kappa shape index (κ2) is 15.8. The summed E-state index contributed by atoms with van der Waals surface area (Å²) in [6.07, 6.45) is 8.28. The Morgan fingerprint density at radius 2 is 1.63 bits per heavy atom. The van der Waals surface area contributed by atoms with E-state index in [-0.39, 0.29) is 17.9 Å². The van der Waals surface area contributed by atoms with Gasteiger partial charge >= 0.3 is 11.9 Å². The van der Waals surface area contributed by atoms with Crippen molar-refractivity contribution in [1.29, 1.82) is 0 Å². The Morgan fingerprint density at radius 3 is 2.41 bits per heavy atom. The van der Waals surface area contributed by atoms with E-state index in [1.54, 1.807) is 18.3 Å². The third-order valence-electron chi connectivity index (χ3n) is 6.79. The molecule has 214 valence electrons. The van der Waals surface area contributed by atoms with E-state index < -0.39 is 0 Å². The van der Waals surface area contributed by atoms with E-state index in [0.717, 1.165) is 42.6 Å². The number of fused-ring (bicyclic) bond motifs is 1. The lowest BCUT2D eigenvalue weighted by Gasteiger charge is -2.14. The fourth-order valence-corrected chi connectivity index (χ4v) is 5.69. The molecule has 0 fully saturated rings. The van der Waals surface area contributed by atoms with Gasteiger partial charge in [0.15, 0.2) is 0 Å². The second-order valence-electron chi connectivity index (χ2n) is 9.87. The Kier molecular flexibility index (Phi) is 11.6. The maximum Gasteiger partial charge on any atom is 0.338 e. The second-order valence-corrected chi connectivity index (χ2v) is 11.0. The van der Waals surface area contributed by atoms with Gasteiger partial charge in [0.1, 0.15) is 12.4 Å². The fraction of sp³-hybridized carbons (Fsp3) is 0.314. The summed E-state index contributed by atoms with van der Waals surface area (Å²) in [5.74, 6) is 0.655. The van der Waals surface area contributed by atoms with Crippen LogP contribution in [-0.2, 0) is 27.3 Å². The third-order valence-corrected chi connectivity index (χ3v) is 7.88. The predicted molar refractivity (Wildman–Crippen MR) is 166 cm³/mol. The molecule has 3 aromatic carbocycles. The van der Waals surface area contributed by atoms with Crippen LogP contribution < -0.4 is 4.74 Å². The molecule has 0 aliphatic rings. The van der Waals surface area contributed by atoms with Crippen LogP contribution in [-0.4, -0.2) is 25.2 Å². The number of hydrogen-bond donors (Lipinski definition) is 0. The van der Waals surface area contributed by atoms with Crippen LogP contribution in [0, 0.1) is 5.92 Å². The topological polar surface area (TPSA) is 61.8 Å². The number of rotatable bonds is 15. The molecule has 0 bridgehead atoms. The average molecular weight is 571 g/mol. The van der Waals surface area contributed by atoms with Crippen LogP contribution >= 0.6 is 11.3 Å². The van der Waals surface area contributed by atoms with E-state index in [4.69, 9.17) is 14.2 Å². The van der Waals surface area contributed by atoms with Crippen molar-refractivity contribution < 1.29 is 23.8 Å². The number of hydrogen-bond acceptors (Lipinski definition) is 6. The van der Waals surface area contributed by atoms with Crippen molar-refractivity contribution in [2.24, 2.45) is 5.92 Å². The standard InChI is InChI=1S/C35H38O5S/c1-3-38-34(36)16-10-5-11-26(23-27-18-21-29(22-19-27)35(37)39-4-2)17-20-28-12-6-8-14-32(28)40-25-31-24-30-13-7-9-15-33(30)41-31/h6-9,12-15,17-22,24,26H,3-5,10-11,16,23,25H2,1-2H3/b20-17+. The first-order valence-corrected chi connectivity index (χ1v) is 15.2. The fourth-order valence-electron chi connectivity index (χ4n) is 4.72. The van der Waals surface area contributed by atoms with Crippen LogP contribution in [0.5, 0.6) is 5.75 Å². The Morgan fingerprint density at radius 1 is 0.878 bits per heavy atom. The van der Waals surface area contributed by atoms with Gasteiger partial charge in [0.2, 0.25) is 0 Å². The Labute approximate surface area is 246 Å². The van der Waals surface area contributed by atoms with Gasteiger partial charge in [-0.25, -0.2) is 4.79 Å². The molecule has 0 N–H and O–H groups in total. The first kappa shape index (κ1) is 30.1. The number of ether oxygens (including phenoxy) is 3. The van der Waals surface area contributed by atoms with E-state index in [9.17, 15) is 9.59 Å². The molecule has 1 unspecified atom stereocenters. The zero-order valence-corrected chi connectivity index (χ0v) is 24.7. The lowest BCUT2D eigenvalue weighted by atomic mass is 9.92. The van der Waals surface area contributed by atoms with E-state index in [1.165, 1.54) is 15.0 Å². The number of benzene rings is 3. The number of carbonyl (C=O) groups excluding carboxylic acids is 2. The van der Waals surface area contributed by atoms with Gasteiger partial charge in [0.05, 0.1) is 18.8 Å². The van der Waals surface area contributed by atoms with E-state index >= 15 is 0 Å². The first-order valence-electron chi connectivity index (χ1n) is 14.3. The van der Waals surface area contributed by atoms with Gasteiger partial charge in [-0.3, -0.25) is 4.79 Å². The highest BCUT2D eigenvalue weighted by Crippen LogP contribution is 2.28. The highest BCUT2D eigenvalue weighted by Gasteiger charge is 2.11. The normalized spacial score (nSPS) is 12.0. The molecule has 4 rings (SSSR count). The minimum atomic E-state index is -0.304. The van der Waals surface area contributed by atoms with Crippen LogP contribution in [0.15, 0.2) is 84.9 Å². The molecule has 4 aromatic rings. The summed E-state index contributed by atoms with van der Waals surface area (Å²) in [5, 5.41) is 1.24. The van der Waals surface area contributed by atoms with Crippen LogP contribution in [0.1, 0.15) is 65.9 Å². The number of para-hydroxylation sites is 1. The molecule has 0 aliphatic carbocycles. The lowest BCUT2D eigenvalue weighted by Crippen LogP contribution is -2.06. The molecule has 41 heavy (non-hydrogen) atoms. The minimum Gasteiger partial charge on any atom is -0.487 e. The smallest absolute Gasteiger partial charge is 0.338 e. The van der Waals surface area contributed by atoms with Gasteiger partial charge in [-0.15, -0.1) is 11.3 Å². The minimum absolute atomic E-state index is 0.140. The Bertz CT molecular complexity index is 1400. The summed E-state index contributed by atoms with van der Waals surface area (Å²) >= 11 is 1.76. The van der Waals surface area contributed by atoms with Crippen molar-refractivity contribution in [3.63, 3.8) is 0 Å². The molecule has 1 aromatic heterocycles. The maximum atomic E-state index is 12.1. The van der Waals surface area contributed by atoms with Gasteiger partial charge in [-0.2, -0.15) is 0 Å². The van der Waals surface area contributed by atoms with Crippen molar-refractivity contribution in [3.8, 4) is 5.75 Å². The third kappa shape index (κ3) is 9.32. The summed E-state index contributed by atoms with van der Waals surface area (Å²) in [6.45, 7) is 4.92. The van der Waals surface area contributed by atoms with Gasteiger partial charge in [-0.05, 0) is 80.3 Å². The molecule has 0 aliphatic heterocycles. The molecule has 0 spiro atoms. The summed E-state index contributed by atoms with van der Waals surface area (Å²) in [4.78, 5) is 25.0. The largest absolute Gasteiger partial charge is 0.487 e. The monoisotopic (exact) mass is 570 g/mol. The quantitative estimate of drug-likeness (QED) is 0.106. The zero-order chi connectivity index (χ0) is 28.9. The molecule has 0 saturated carbocycles. The predicted octanol–water partition coefficient (Wildman–Crippen LogP) is 8.65. The van der Waals surface area contributed by atoms with Crippen LogP contribution in [0.3, 0.4) is 0 Å². The first-order chi connectivity index (χ1) is 20.1. The van der Waals surface area contributed by atoms with Crippen LogP contribution in [0.4, 0.5) is 0 Å². The van der Waals surface area contributed by atoms with E-state index in [2.05, 4.69) is 48.6 Å². The maximum absolute atomic E-state index is 12.1. The molecular formula is C35H38O5S. The van der Waals surface area contributed by atoms with E-state index in [0.29, 0.717) is 31.8 Å². The van der Waals surface area contributed by atoms with Crippen molar-refractivity contribution >= 4 is 39.4 Å². The molecule has 0 amide bonds. The zero-order valence-electron chi connectivity index (χ0n) is 23.8. The molecule has 5 nitrogen and oxygen atoms in total. The van der Waals surface area contributed by atoms with Gasteiger partial charge in [0, 0.05) is 21.6 Å². The summed E-state index contributed by atoms with van der Waals surface area (Å²) < 4.78 is 17.7. The molecule has 0 radical (unpaired) electrons. The van der Waals surface area contributed by atoms with Crippen molar-refractivity contribution in [1.82, 2.24) is 0 Å². The van der Waals surface area contributed by atoms with Crippen molar-refractivity contribution in [2.45, 2.75) is 52.6 Å². The number of unbranched alkanes of at least 4 members (excludes halogenated alkanes) is 1. The summed E-state index contributed by atoms with van der Waals surface area (Å²) in [6, 6.07) is 26.3. The van der Waals surface area contributed by atoms with Crippen LogP contribution in [0.25, 0.3) is 16.2 Å². The number of allylic oxidation sites excluding steroid dienone is 1. The lowest BCUT2D eigenvalue weighted by molar-refractivity contribution is -0.143. The molecular weight excluding hydrogens is 532 g/mol. The molecule has 0 saturated heterocycles. The highest BCUT2D eigenvalue weighted by atomic mass is 32.1. The molecule has 1 atom stereocenters. The van der Waals surface area contributed by atoms with Crippen molar-refractivity contribution in [2.75, 3.05) is 13.2 Å². The Balaban J connectivity index is 1.44. The number of thiophene rings is 1.